The van der Waals surface area contributed by atoms with Crippen molar-refractivity contribution in [3.8, 4) is 5.88 Å². The Labute approximate surface area is 128 Å². The van der Waals surface area contributed by atoms with E-state index in [1.54, 1.807) is 24.3 Å². The van der Waals surface area contributed by atoms with Crippen molar-refractivity contribution in [1.82, 2.24) is 10.3 Å². The molecule has 1 aliphatic rings. The second kappa shape index (κ2) is 6.62. The molecule has 1 aliphatic carbocycles. The van der Waals surface area contributed by atoms with E-state index in [0.29, 0.717) is 29.7 Å². The molecule has 1 saturated carbocycles. The fourth-order valence-corrected chi connectivity index (χ4v) is 1.96. The minimum absolute atomic E-state index is 0.0757. The van der Waals surface area contributed by atoms with Gasteiger partial charge in [-0.3, -0.25) is 4.79 Å². The van der Waals surface area contributed by atoms with Crippen LogP contribution >= 0.6 is 0 Å². The highest BCUT2D eigenvalue weighted by molar-refractivity contribution is 5.93. The predicted molar refractivity (Wildman–Crippen MR) is 78.5 cm³/mol. The van der Waals surface area contributed by atoms with E-state index in [0.717, 1.165) is 0 Å². The van der Waals surface area contributed by atoms with Gasteiger partial charge in [-0.05, 0) is 37.0 Å². The third kappa shape index (κ3) is 3.85. The molecule has 1 atom stereocenters. The van der Waals surface area contributed by atoms with Gasteiger partial charge in [-0.2, -0.15) is 0 Å². The van der Waals surface area contributed by atoms with E-state index >= 15 is 0 Å². The van der Waals surface area contributed by atoms with Gasteiger partial charge in [-0.25, -0.2) is 4.98 Å². The van der Waals surface area contributed by atoms with E-state index in [9.17, 15) is 9.90 Å². The first-order valence-corrected chi connectivity index (χ1v) is 7.31. The van der Waals surface area contributed by atoms with Crippen molar-refractivity contribution in [2.75, 3.05) is 13.2 Å². The summed E-state index contributed by atoms with van der Waals surface area (Å²) in [6, 6.07) is 6.68. The van der Waals surface area contributed by atoms with Gasteiger partial charge in [0.1, 0.15) is 11.9 Å². The van der Waals surface area contributed by atoms with Crippen LogP contribution in [0.5, 0.6) is 5.88 Å². The monoisotopic (exact) mass is 302 g/mol. The van der Waals surface area contributed by atoms with Crippen molar-refractivity contribution in [2.45, 2.75) is 18.9 Å². The van der Waals surface area contributed by atoms with Crippen LogP contribution in [0.1, 0.15) is 35.1 Å². The minimum atomic E-state index is -0.868. The number of hydrogen-bond acceptors (Lipinski definition) is 5. The van der Waals surface area contributed by atoms with E-state index in [2.05, 4.69) is 10.3 Å². The average Bonchev–Trinajstić information content (AvgIpc) is 3.22. The van der Waals surface area contributed by atoms with Gasteiger partial charge < -0.3 is 19.6 Å². The number of aliphatic hydroxyl groups excluding tert-OH is 1. The number of carbonyl (C=O) groups is 1. The predicted octanol–water partition coefficient (Wildman–Crippen LogP) is 1.93. The zero-order valence-corrected chi connectivity index (χ0v) is 12.1. The van der Waals surface area contributed by atoms with Crippen LogP contribution in [0, 0.1) is 5.92 Å². The number of rotatable bonds is 7. The Morgan fingerprint density at radius 1 is 1.45 bits per heavy atom. The molecule has 0 saturated heterocycles. The zero-order chi connectivity index (χ0) is 15.4. The third-order valence-electron chi connectivity index (χ3n) is 3.49. The minimum Gasteiger partial charge on any atom is -0.477 e. The Morgan fingerprint density at radius 3 is 2.95 bits per heavy atom. The van der Waals surface area contributed by atoms with Crippen LogP contribution in [-0.4, -0.2) is 29.1 Å². The highest BCUT2D eigenvalue weighted by atomic mass is 16.5. The Kier molecular flexibility index (Phi) is 4.39. The fraction of sp³-hybridized carbons (Fsp3) is 0.375. The van der Waals surface area contributed by atoms with Crippen LogP contribution < -0.4 is 10.1 Å². The molecule has 1 fully saturated rings. The number of nitrogens with one attached hydrogen (secondary N) is 1. The summed E-state index contributed by atoms with van der Waals surface area (Å²) in [5.74, 6) is 1.31. The molecule has 6 nitrogen and oxygen atoms in total. The SMILES string of the molecule is O=C(NCC(O)c1ccco1)c1ccc(OCC2CC2)nc1. The molecule has 0 radical (unpaired) electrons. The maximum atomic E-state index is 12.0. The van der Waals surface area contributed by atoms with Crippen molar-refractivity contribution in [1.29, 1.82) is 0 Å². The summed E-state index contributed by atoms with van der Waals surface area (Å²) >= 11 is 0. The van der Waals surface area contributed by atoms with Crippen LogP contribution in [0.4, 0.5) is 0 Å². The molecule has 0 aromatic carbocycles. The summed E-state index contributed by atoms with van der Waals surface area (Å²) in [6.07, 6.45) is 4.52. The second-order valence-corrected chi connectivity index (χ2v) is 5.38. The Hall–Kier alpha value is -2.34. The van der Waals surface area contributed by atoms with Crippen molar-refractivity contribution in [3.05, 3.63) is 48.0 Å². The van der Waals surface area contributed by atoms with Crippen LogP contribution in [0.3, 0.4) is 0 Å². The van der Waals surface area contributed by atoms with Gasteiger partial charge >= 0.3 is 0 Å². The standard InChI is InChI=1S/C16H18N2O4/c19-13(14-2-1-7-21-14)9-18-16(20)12-5-6-15(17-8-12)22-10-11-3-4-11/h1-2,5-8,11,13,19H,3-4,9-10H2,(H,18,20). The molecule has 22 heavy (non-hydrogen) atoms. The van der Waals surface area contributed by atoms with Gasteiger partial charge in [-0.1, -0.05) is 0 Å². The van der Waals surface area contributed by atoms with E-state index in [1.165, 1.54) is 25.3 Å². The summed E-state index contributed by atoms with van der Waals surface area (Å²) in [5, 5.41) is 12.5. The van der Waals surface area contributed by atoms with Crippen molar-refractivity contribution < 1.29 is 19.1 Å². The molecule has 2 heterocycles. The van der Waals surface area contributed by atoms with Crippen molar-refractivity contribution >= 4 is 5.91 Å². The zero-order valence-electron chi connectivity index (χ0n) is 12.1. The van der Waals surface area contributed by atoms with E-state index in [4.69, 9.17) is 9.15 Å². The van der Waals surface area contributed by atoms with Gasteiger partial charge in [0.05, 0.1) is 25.0 Å². The van der Waals surface area contributed by atoms with Crippen LogP contribution in [0.2, 0.25) is 0 Å². The lowest BCUT2D eigenvalue weighted by Gasteiger charge is -2.10. The highest BCUT2D eigenvalue weighted by Crippen LogP contribution is 2.29. The number of ether oxygens (including phenoxy) is 1. The molecule has 6 heteroatoms. The number of aliphatic hydroxyl groups is 1. The van der Waals surface area contributed by atoms with Crippen LogP contribution in [-0.2, 0) is 0 Å². The van der Waals surface area contributed by atoms with Gasteiger partial charge in [-0.15, -0.1) is 0 Å². The van der Waals surface area contributed by atoms with E-state index < -0.39 is 6.10 Å². The Morgan fingerprint density at radius 2 is 2.32 bits per heavy atom. The lowest BCUT2D eigenvalue weighted by molar-refractivity contribution is 0.0900. The number of pyridine rings is 1. The molecular formula is C16H18N2O4. The molecule has 116 valence electrons. The number of furan rings is 1. The molecule has 1 amide bonds. The summed E-state index contributed by atoms with van der Waals surface area (Å²) in [6.45, 7) is 0.764. The Balaban J connectivity index is 1.48. The number of carbonyl (C=O) groups excluding carboxylic acids is 1. The smallest absolute Gasteiger partial charge is 0.252 e. The Bertz CT molecular complexity index is 606. The number of nitrogens with zero attached hydrogens (tertiary/aromatic N) is 1. The maximum Gasteiger partial charge on any atom is 0.252 e. The normalized spacial score (nSPS) is 15.3. The summed E-state index contributed by atoms with van der Waals surface area (Å²) in [4.78, 5) is 16.1. The van der Waals surface area contributed by atoms with Gasteiger partial charge in [0.25, 0.3) is 5.91 Å². The first-order valence-electron chi connectivity index (χ1n) is 7.31. The molecule has 0 bridgehead atoms. The highest BCUT2D eigenvalue weighted by Gasteiger charge is 2.22. The maximum absolute atomic E-state index is 12.0. The van der Waals surface area contributed by atoms with Gasteiger partial charge in [0.2, 0.25) is 5.88 Å². The van der Waals surface area contributed by atoms with E-state index in [1.807, 2.05) is 0 Å². The van der Waals surface area contributed by atoms with Crippen LogP contribution in [0.25, 0.3) is 0 Å². The van der Waals surface area contributed by atoms with E-state index in [-0.39, 0.29) is 12.5 Å². The number of amides is 1. The second-order valence-electron chi connectivity index (χ2n) is 5.38. The molecule has 2 N–H and O–H groups in total. The van der Waals surface area contributed by atoms with Gasteiger partial charge in [0.15, 0.2) is 0 Å². The summed E-state index contributed by atoms with van der Waals surface area (Å²) < 4.78 is 10.6. The number of hydrogen-bond donors (Lipinski definition) is 2. The quantitative estimate of drug-likeness (QED) is 0.816. The largest absolute Gasteiger partial charge is 0.477 e. The van der Waals surface area contributed by atoms with Crippen molar-refractivity contribution in [2.24, 2.45) is 5.92 Å². The van der Waals surface area contributed by atoms with Crippen molar-refractivity contribution in [3.63, 3.8) is 0 Å². The van der Waals surface area contributed by atoms with Crippen LogP contribution in [0.15, 0.2) is 41.1 Å². The topological polar surface area (TPSA) is 84.6 Å². The molecular weight excluding hydrogens is 284 g/mol. The first-order chi connectivity index (χ1) is 10.7. The first kappa shape index (κ1) is 14.6. The summed E-state index contributed by atoms with van der Waals surface area (Å²) in [7, 11) is 0. The van der Waals surface area contributed by atoms with Gasteiger partial charge in [0, 0.05) is 12.3 Å². The number of aromatic nitrogens is 1. The summed E-state index contributed by atoms with van der Waals surface area (Å²) in [5.41, 5.74) is 0.422. The molecule has 0 spiro atoms. The molecule has 2 aromatic rings. The fourth-order valence-electron chi connectivity index (χ4n) is 1.96. The lowest BCUT2D eigenvalue weighted by Crippen LogP contribution is -2.28. The average molecular weight is 302 g/mol. The molecule has 1 unspecified atom stereocenters. The molecule has 0 aliphatic heterocycles. The molecule has 2 aromatic heterocycles. The third-order valence-corrected chi connectivity index (χ3v) is 3.49. The lowest BCUT2D eigenvalue weighted by atomic mass is 10.2. The molecule has 3 rings (SSSR count).